The van der Waals surface area contributed by atoms with Crippen LogP contribution in [0.4, 0.5) is 11.4 Å². The molecule has 0 aromatic heterocycles. The first-order chi connectivity index (χ1) is 14.4. The van der Waals surface area contributed by atoms with Gasteiger partial charge in [-0.15, -0.1) is 0 Å². The summed E-state index contributed by atoms with van der Waals surface area (Å²) in [7, 11) is 0. The fourth-order valence-electron chi connectivity index (χ4n) is 3.41. The molecule has 30 heavy (non-hydrogen) atoms. The van der Waals surface area contributed by atoms with Gasteiger partial charge in [0.1, 0.15) is 5.70 Å². The molecular formula is C22H22BrN3O4. The Hall–Kier alpha value is -3.00. The Morgan fingerprint density at radius 1 is 1.07 bits per heavy atom. The van der Waals surface area contributed by atoms with Crippen molar-refractivity contribution in [2.45, 2.75) is 32.1 Å². The Morgan fingerprint density at radius 2 is 1.80 bits per heavy atom. The maximum Gasteiger partial charge on any atom is 0.272 e. The highest BCUT2D eigenvalue weighted by molar-refractivity contribution is 9.10. The Labute approximate surface area is 182 Å². The van der Waals surface area contributed by atoms with Crippen LogP contribution in [0.1, 0.15) is 37.7 Å². The summed E-state index contributed by atoms with van der Waals surface area (Å²) >= 11 is 3.38. The minimum Gasteiger partial charge on any atom is -0.321 e. The molecule has 2 amide bonds. The molecule has 1 aliphatic rings. The highest BCUT2D eigenvalue weighted by atomic mass is 79.9. The number of halogens is 1. The lowest BCUT2D eigenvalue weighted by Crippen LogP contribution is -2.35. The third-order valence-electron chi connectivity index (χ3n) is 4.99. The fourth-order valence-corrected chi connectivity index (χ4v) is 3.79. The predicted molar refractivity (Wildman–Crippen MR) is 119 cm³/mol. The summed E-state index contributed by atoms with van der Waals surface area (Å²) < 4.78 is 0.701. The molecule has 0 saturated heterocycles. The number of anilines is 1. The van der Waals surface area contributed by atoms with Crippen molar-refractivity contribution in [1.29, 1.82) is 0 Å². The number of benzene rings is 2. The molecule has 1 aliphatic carbocycles. The zero-order chi connectivity index (χ0) is 21.5. The number of rotatable bonds is 6. The average molecular weight is 472 g/mol. The molecule has 156 valence electrons. The number of carbonyl (C=O) groups is 2. The van der Waals surface area contributed by atoms with Crippen molar-refractivity contribution < 1.29 is 14.5 Å². The van der Waals surface area contributed by atoms with Gasteiger partial charge in [-0.2, -0.15) is 0 Å². The molecule has 1 saturated carbocycles. The maximum atomic E-state index is 13.0. The van der Waals surface area contributed by atoms with E-state index in [1.165, 1.54) is 24.3 Å². The summed E-state index contributed by atoms with van der Waals surface area (Å²) in [5.41, 5.74) is 0.958. The lowest BCUT2D eigenvalue weighted by atomic mass is 9.88. The van der Waals surface area contributed by atoms with Crippen molar-refractivity contribution in [3.63, 3.8) is 0 Å². The number of nitrogens with one attached hydrogen (secondary N) is 2. The molecule has 2 aromatic rings. The van der Waals surface area contributed by atoms with E-state index >= 15 is 0 Å². The molecule has 2 N–H and O–H groups in total. The molecule has 1 fully saturated rings. The van der Waals surface area contributed by atoms with Crippen LogP contribution in [0, 0.1) is 16.0 Å². The standard InChI is InChI=1S/C22H22BrN3O4/c23-18-11-4-5-12-19(18)24-22(28)20(25-21(27)16-8-2-1-3-9-16)14-15-7-6-10-17(13-15)26(29)30/h4-7,10-14,16H,1-3,8-9H2,(H,24,28)(H,25,27). The van der Waals surface area contributed by atoms with Gasteiger partial charge in [0.2, 0.25) is 5.91 Å². The van der Waals surface area contributed by atoms with Gasteiger partial charge >= 0.3 is 0 Å². The quantitative estimate of drug-likeness (QED) is 0.350. The summed E-state index contributed by atoms with van der Waals surface area (Å²) in [6.07, 6.45) is 6.14. The zero-order valence-corrected chi connectivity index (χ0v) is 17.9. The molecule has 7 nitrogen and oxygen atoms in total. The number of nitro benzene ring substituents is 1. The summed E-state index contributed by atoms with van der Waals surface area (Å²) in [6, 6.07) is 13.0. The lowest BCUT2D eigenvalue weighted by Gasteiger charge is -2.21. The smallest absolute Gasteiger partial charge is 0.272 e. The first kappa shape index (κ1) is 21.7. The second kappa shape index (κ2) is 10.2. The Kier molecular flexibility index (Phi) is 7.35. The molecule has 0 aliphatic heterocycles. The minimum atomic E-state index is -0.502. The van der Waals surface area contributed by atoms with Gasteiger partial charge in [0.25, 0.3) is 11.6 Å². The molecule has 3 rings (SSSR count). The van der Waals surface area contributed by atoms with Gasteiger partial charge < -0.3 is 10.6 Å². The molecule has 8 heteroatoms. The lowest BCUT2D eigenvalue weighted by molar-refractivity contribution is -0.384. The summed E-state index contributed by atoms with van der Waals surface area (Å²) in [5, 5.41) is 16.6. The predicted octanol–water partition coefficient (Wildman–Crippen LogP) is 5.03. The van der Waals surface area contributed by atoms with Crippen molar-refractivity contribution in [2.24, 2.45) is 5.92 Å². The number of hydrogen-bond donors (Lipinski definition) is 2. The largest absolute Gasteiger partial charge is 0.321 e. The van der Waals surface area contributed by atoms with Crippen LogP contribution >= 0.6 is 15.9 Å². The van der Waals surface area contributed by atoms with Crippen LogP contribution in [0.2, 0.25) is 0 Å². The molecular weight excluding hydrogens is 450 g/mol. The fraction of sp³-hybridized carbons (Fsp3) is 0.273. The topological polar surface area (TPSA) is 101 Å². The van der Waals surface area contributed by atoms with Crippen LogP contribution < -0.4 is 10.6 Å². The molecule has 0 spiro atoms. The average Bonchev–Trinajstić information content (AvgIpc) is 2.75. The van der Waals surface area contributed by atoms with Crippen molar-refractivity contribution in [3.8, 4) is 0 Å². The molecule has 0 radical (unpaired) electrons. The number of nitrogens with zero attached hydrogens (tertiary/aromatic N) is 1. The van der Waals surface area contributed by atoms with E-state index in [2.05, 4.69) is 26.6 Å². The molecule has 0 heterocycles. The van der Waals surface area contributed by atoms with Gasteiger partial charge in [0, 0.05) is 22.5 Å². The van der Waals surface area contributed by atoms with E-state index in [0.717, 1.165) is 32.1 Å². The zero-order valence-electron chi connectivity index (χ0n) is 16.3. The summed E-state index contributed by atoms with van der Waals surface area (Å²) in [4.78, 5) is 36.3. The Morgan fingerprint density at radius 3 is 2.50 bits per heavy atom. The van der Waals surface area contributed by atoms with Gasteiger partial charge in [-0.25, -0.2) is 0 Å². The Balaban J connectivity index is 1.88. The van der Waals surface area contributed by atoms with Crippen molar-refractivity contribution in [3.05, 3.63) is 74.4 Å². The van der Waals surface area contributed by atoms with Gasteiger partial charge in [-0.05, 0) is 52.5 Å². The number of nitro groups is 1. The third kappa shape index (κ3) is 5.76. The number of amides is 2. The number of non-ortho nitro benzene ring substituents is 1. The number of carbonyl (C=O) groups excluding carboxylic acids is 2. The van der Waals surface area contributed by atoms with Crippen LogP contribution in [-0.4, -0.2) is 16.7 Å². The normalized spacial score (nSPS) is 14.8. The first-order valence-corrected chi connectivity index (χ1v) is 10.6. The minimum absolute atomic E-state index is 0.0434. The second-order valence-electron chi connectivity index (χ2n) is 7.17. The molecule has 2 aromatic carbocycles. The van der Waals surface area contributed by atoms with Crippen molar-refractivity contribution in [1.82, 2.24) is 5.32 Å². The molecule has 0 unspecified atom stereocenters. The van der Waals surface area contributed by atoms with Gasteiger partial charge in [-0.3, -0.25) is 19.7 Å². The van der Waals surface area contributed by atoms with E-state index in [9.17, 15) is 19.7 Å². The van der Waals surface area contributed by atoms with E-state index < -0.39 is 10.8 Å². The molecule has 0 bridgehead atoms. The Bertz CT molecular complexity index is 984. The molecule has 0 atom stereocenters. The summed E-state index contributed by atoms with van der Waals surface area (Å²) in [6.45, 7) is 0. The van der Waals surface area contributed by atoms with E-state index in [-0.39, 0.29) is 23.2 Å². The number of hydrogen-bond acceptors (Lipinski definition) is 4. The first-order valence-electron chi connectivity index (χ1n) is 9.77. The van der Waals surface area contributed by atoms with Crippen LogP contribution in [-0.2, 0) is 9.59 Å². The SMILES string of the molecule is O=C(Nc1ccccc1Br)C(=Cc1cccc([N+](=O)[O-])c1)NC(=O)C1CCCCC1. The van der Waals surface area contributed by atoms with Crippen LogP contribution in [0.5, 0.6) is 0 Å². The van der Waals surface area contributed by atoms with Gasteiger partial charge in [0.05, 0.1) is 10.6 Å². The van der Waals surface area contributed by atoms with E-state index in [1.54, 1.807) is 24.3 Å². The van der Waals surface area contributed by atoms with Crippen LogP contribution in [0.25, 0.3) is 6.08 Å². The second-order valence-corrected chi connectivity index (χ2v) is 8.02. The third-order valence-corrected chi connectivity index (χ3v) is 5.68. The maximum absolute atomic E-state index is 13.0. The van der Waals surface area contributed by atoms with Crippen LogP contribution in [0.15, 0.2) is 58.7 Å². The highest BCUT2D eigenvalue weighted by Gasteiger charge is 2.24. The van der Waals surface area contributed by atoms with Gasteiger partial charge in [-0.1, -0.05) is 43.5 Å². The monoisotopic (exact) mass is 471 g/mol. The van der Waals surface area contributed by atoms with Crippen molar-refractivity contribution >= 4 is 45.2 Å². The summed E-state index contributed by atoms with van der Waals surface area (Å²) in [5.74, 6) is -0.838. The highest BCUT2D eigenvalue weighted by Crippen LogP contribution is 2.25. The number of para-hydroxylation sites is 1. The van der Waals surface area contributed by atoms with E-state index in [4.69, 9.17) is 0 Å². The van der Waals surface area contributed by atoms with Gasteiger partial charge in [0.15, 0.2) is 0 Å². The van der Waals surface area contributed by atoms with E-state index in [0.29, 0.717) is 15.7 Å². The van der Waals surface area contributed by atoms with E-state index in [1.807, 2.05) is 6.07 Å². The van der Waals surface area contributed by atoms with Crippen LogP contribution in [0.3, 0.4) is 0 Å². The van der Waals surface area contributed by atoms with Crippen molar-refractivity contribution in [2.75, 3.05) is 5.32 Å².